The van der Waals surface area contributed by atoms with E-state index in [0.717, 1.165) is 59.6 Å². The fourth-order valence-corrected chi connectivity index (χ4v) is 3.18. The molecule has 0 saturated carbocycles. The van der Waals surface area contributed by atoms with Gasteiger partial charge < -0.3 is 15.6 Å². The zero-order valence-electron chi connectivity index (χ0n) is 12.9. The summed E-state index contributed by atoms with van der Waals surface area (Å²) in [7, 11) is 0. The molecule has 4 rings (SSSR count). The van der Waals surface area contributed by atoms with Gasteiger partial charge in [-0.25, -0.2) is 9.97 Å². The van der Waals surface area contributed by atoms with Crippen molar-refractivity contribution in [3.05, 3.63) is 30.1 Å². The smallest absolute Gasteiger partial charge is 0.257 e. The first-order valence-electron chi connectivity index (χ1n) is 7.78. The van der Waals surface area contributed by atoms with Gasteiger partial charge in [0.15, 0.2) is 0 Å². The number of H-pyrrole nitrogens is 1. The molecule has 0 unspecified atom stereocenters. The van der Waals surface area contributed by atoms with Crippen LogP contribution >= 0.6 is 0 Å². The van der Waals surface area contributed by atoms with Crippen LogP contribution in [-0.4, -0.2) is 33.9 Å². The Kier molecular flexibility index (Phi) is 3.08. The van der Waals surface area contributed by atoms with E-state index in [2.05, 4.69) is 38.9 Å². The number of fused-ring (bicyclic) bond motifs is 3. The highest BCUT2D eigenvalue weighted by Crippen LogP contribution is 2.32. The van der Waals surface area contributed by atoms with Crippen molar-refractivity contribution in [2.75, 3.05) is 18.0 Å². The van der Waals surface area contributed by atoms with Crippen LogP contribution in [-0.2, 0) is 0 Å². The van der Waals surface area contributed by atoms with E-state index in [-0.39, 0.29) is 0 Å². The first kappa shape index (κ1) is 13.8. The Balaban J connectivity index is 1.92. The summed E-state index contributed by atoms with van der Waals surface area (Å²) in [6.45, 7) is 4.24. The lowest BCUT2D eigenvalue weighted by Crippen LogP contribution is -2.33. The first-order valence-corrected chi connectivity index (χ1v) is 7.78. The fourth-order valence-electron chi connectivity index (χ4n) is 3.18. The molecular weight excluding hydrogens is 290 g/mol. The average molecular weight is 307 g/mol. The molecule has 6 nitrogen and oxygen atoms in total. The zero-order chi connectivity index (χ0) is 16.0. The van der Waals surface area contributed by atoms with Gasteiger partial charge in [0.05, 0.1) is 16.5 Å². The lowest BCUT2D eigenvalue weighted by Gasteiger charge is -2.31. The quantitative estimate of drug-likeness (QED) is 0.758. The Morgan fingerprint density at radius 1 is 1.35 bits per heavy atom. The molecule has 3 N–H and O–H groups in total. The summed E-state index contributed by atoms with van der Waals surface area (Å²) < 4.78 is 0. The molecule has 0 bridgehead atoms. The molecule has 116 valence electrons. The maximum Gasteiger partial charge on any atom is 0.257 e. The molecule has 0 spiro atoms. The molecule has 1 fully saturated rings. The highest BCUT2D eigenvalue weighted by molar-refractivity contribution is 6.12. The zero-order valence-corrected chi connectivity index (χ0v) is 12.9. The van der Waals surface area contributed by atoms with Gasteiger partial charge in [-0.15, -0.1) is 0 Å². The van der Waals surface area contributed by atoms with E-state index in [0.29, 0.717) is 5.56 Å². The van der Waals surface area contributed by atoms with Crippen molar-refractivity contribution >= 4 is 33.7 Å². The van der Waals surface area contributed by atoms with Gasteiger partial charge in [0.1, 0.15) is 17.8 Å². The van der Waals surface area contributed by atoms with E-state index in [4.69, 9.17) is 5.73 Å². The lowest BCUT2D eigenvalue weighted by molar-refractivity contribution is 0.100. The number of rotatable bonds is 2. The number of primary amides is 1. The van der Waals surface area contributed by atoms with Crippen molar-refractivity contribution in [2.24, 2.45) is 11.7 Å². The summed E-state index contributed by atoms with van der Waals surface area (Å²) in [5.74, 6) is 1.14. The van der Waals surface area contributed by atoms with E-state index in [9.17, 15) is 4.79 Å². The van der Waals surface area contributed by atoms with Crippen LogP contribution in [0.1, 0.15) is 30.1 Å². The minimum atomic E-state index is -0.511. The third-order valence-electron chi connectivity index (χ3n) is 4.57. The van der Waals surface area contributed by atoms with Crippen LogP contribution in [0.2, 0.25) is 0 Å². The number of amides is 1. The molecule has 3 heterocycles. The minimum Gasteiger partial charge on any atom is -0.365 e. The van der Waals surface area contributed by atoms with Crippen molar-refractivity contribution in [1.82, 2.24) is 15.0 Å². The Morgan fingerprint density at radius 3 is 2.87 bits per heavy atom. The Morgan fingerprint density at radius 2 is 2.13 bits per heavy atom. The maximum atomic E-state index is 11.4. The summed E-state index contributed by atoms with van der Waals surface area (Å²) in [6, 6.07) is 7.49. The van der Waals surface area contributed by atoms with Gasteiger partial charge in [0.2, 0.25) is 0 Å². The normalized spacial score (nSPS) is 16.0. The third-order valence-corrected chi connectivity index (χ3v) is 4.57. The van der Waals surface area contributed by atoms with Crippen LogP contribution in [0.25, 0.3) is 21.9 Å². The molecule has 0 atom stereocenters. The summed E-state index contributed by atoms with van der Waals surface area (Å²) in [4.78, 5) is 25.8. The molecule has 23 heavy (non-hydrogen) atoms. The average Bonchev–Trinajstić information content (AvgIpc) is 2.93. The summed E-state index contributed by atoms with van der Waals surface area (Å²) in [5, 5.41) is 1.78. The molecule has 1 aliphatic heterocycles. The number of hydrogen-bond acceptors (Lipinski definition) is 4. The van der Waals surface area contributed by atoms with Crippen molar-refractivity contribution in [1.29, 1.82) is 0 Å². The predicted octanol–water partition coefficient (Wildman–Crippen LogP) is 2.05. The molecule has 1 amide bonds. The summed E-state index contributed by atoms with van der Waals surface area (Å²) in [6.07, 6.45) is 3.88. The number of nitrogens with one attached hydrogen (secondary N) is 1. The molecule has 0 radical (unpaired) electrons. The van der Waals surface area contributed by atoms with Gasteiger partial charge in [-0.2, -0.15) is 0 Å². The maximum absolute atomic E-state index is 11.4. The second kappa shape index (κ2) is 5.13. The fraction of sp³-hybridized carbons (Fsp3) is 0.353. The van der Waals surface area contributed by atoms with Crippen molar-refractivity contribution in [3.8, 4) is 0 Å². The van der Waals surface area contributed by atoms with Crippen LogP contribution in [0, 0.1) is 18.1 Å². The topological polar surface area (TPSA) is 87.9 Å². The molecule has 3 aromatic rings. The molecule has 1 saturated heterocycles. The number of nitrogens with zero attached hydrogens (tertiary/aromatic N) is 3. The van der Waals surface area contributed by atoms with E-state index in [1.807, 2.05) is 0 Å². The van der Waals surface area contributed by atoms with E-state index >= 15 is 0 Å². The molecule has 1 aliphatic rings. The number of carbonyl (C=O) groups is 1. The summed E-state index contributed by atoms with van der Waals surface area (Å²) >= 11 is 0. The highest BCUT2D eigenvalue weighted by atomic mass is 16.1. The third kappa shape index (κ3) is 2.25. The SMILES string of the molecule is CC1CCN(c2ncnc3[nH]c4c#cc(C(N)=O)cc4c23)CC1. The number of aromatic nitrogens is 3. The molecule has 0 aliphatic carbocycles. The van der Waals surface area contributed by atoms with Crippen LogP contribution in [0.4, 0.5) is 5.82 Å². The van der Waals surface area contributed by atoms with Crippen LogP contribution in [0.5, 0.6) is 0 Å². The van der Waals surface area contributed by atoms with E-state index < -0.39 is 5.91 Å². The highest BCUT2D eigenvalue weighted by Gasteiger charge is 2.21. The molecule has 2 aromatic heterocycles. The van der Waals surface area contributed by atoms with Gasteiger partial charge >= 0.3 is 0 Å². The van der Waals surface area contributed by atoms with Gasteiger partial charge in [0.25, 0.3) is 5.91 Å². The second-order valence-electron chi connectivity index (χ2n) is 6.18. The largest absolute Gasteiger partial charge is 0.365 e. The monoisotopic (exact) mass is 307 g/mol. The van der Waals surface area contributed by atoms with Gasteiger partial charge in [-0.3, -0.25) is 4.79 Å². The lowest BCUT2D eigenvalue weighted by atomic mass is 9.99. The number of aromatic amines is 1. The Labute approximate surface area is 133 Å². The van der Waals surface area contributed by atoms with Crippen molar-refractivity contribution in [3.63, 3.8) is 0 Å². The van der Waals surface area contributed by atoms with Crippen molar-refractivity contribution < 1.29 is 4.79 Å². The minimum absolute atomic E-state index is 0.320. The van der Waals surface area contributed by atoms with E-state index in [1.54, 1.807) is 12.4 Å². The van der Waals surface area contributed by atoms with Gasteiger partial charge in [-0.1, -0.05) is 13.0 Å². The number of nitrogens with two attached hydrogens (primary N) is 1. The molecular formula is C17H17N5O. The van der Waals surface area contributed by atoms with Crippen LogP contribution < -0.4 is 10.6 Å². The van der Waals surface area contributed by atoms with Gasteiger partial charge in [0, 0.05) is 18.5 Å². The molecule has 1 aromatic carbocycles. The Bertz CT molecular complexity index is 893. The number of piperidine rings is 1. The molecule has 6 heteroatoms. The predicted molar refractivity (Wildman–Crippen MR) is 88.2 cm³/mol. The first-order chi connectivity index (χ1) is 11.1. The summed E-state index contributed by atoms with van der Waals surface area (Å²) in [5.41, 5.74) is 7.20. The van der Waals surface area contributed by atoms with Crippen molar-refractivity contribution in [2.45, 2.75) is 19.8 Å². The van der Waals surface area contributed by atoms with Crippen LogP contribution in [0.3, 0.4) is 0 Å². The Hall–Kier alpha value is -2.81. The van der Waals surface area contributed by atoms with E-state index in [1.165, 1.54) is 0 Å². The number of hydrogen-bond donors (Lipinski definition) is 2. The second-order valence-corrected chi connectivity index (χ2v) is 6.18. The van der Waals surface area contributed by atoms with Gasteiger partial charge in [-0.05, 0) is 30.9 Å². The number of carbonyl (C=O) groups excluding carboxylic acids is 1. The number of anilines is 1. The van der Waals surface area contributed by atoms with Crippen LogP contribution in [0.15, 0.2) is 12.4 Å². The standard InChI is InChI=1S/C17H17N5O/c1-10-4-6-22(7-5-10)17-14-12-8-11(15(18)23)2-3-13(12)21-16(14)19-9-20-17/h8-10H,4-7H2,1H3,(H2,18,23)(H,19,20,21).